The van der Waals surface area contributed by atoms with Gasteiger partial charge in [-0.3, -0.25) is 0 Å². The van der Waals surface area contributed by atoms with E-state index in [0.717, 1.165) is 25.7 Å². The highest BCUT2D eigenvalue weighted by Crippen LogP contribution is 2.38. The quantitative estimate of drug-likeness (QED) is 0.785. The van der Waals surface area contributed by atoms with E-state index < -0.39 is 10.0 Å². The van der Waals surface area contributed by atoms with E-state index in [0.29, 0.717) is 12.5 Å². The maximum Gasteiger partial charge on any atom is 0.246 e. The lowest BCUT2D eigenvalue weighted by Gasteiger charge is -2.30. The summed E-state index contributed by atoms with van der Waals surface area (Å²) in [5.41, 5.74) is 0. The Labute approximate surface area is 118 Å². The zero-order valence-electron chi connectivity index (χ0n) is 10.5. The van der Waals surface area contributed by atoms with E-state index in [1.807, 2.05) is 0 Å². The fraction of sp³-hybridized carbons (Fsp3) is 0.667. The monoisotopic (exact) mass is 301 g/mol. The highest BCUT2D eigenvalue weighted by atomic mass is 35.5. The van der Waals surface area contributed by atoms with Crippen LogP contribution < -0.4 is 0 Å². The molecule has 2 fully saturated rings. The number of rotatable bonds is 2. The number of sulfonamides is 1. The van der Waals surface area contributed by atoms with Crippen molar-refractivity contribution in [1.82, 2.24) is 14.3 Å². The topological polar surface area (TPSA) is 63.2 Å². The van der Waals surface area contributed by atoms with Crippen molar-refractivity contribution < 1.29 is 8.42 Å². The Kier molecular flexibility index (Phi) is 3.49. The molecule has 2 aliphatic rings. The summed E-state index contributed by atoms with van der Waals surface area (Å²) in [6.07, 6.45) is 8.01. The van der Waals surface area contributed by atoms with Gasteiger partial charge in [-0.25, -0.2) is 18.4 Å². The second kappa shape index (κ2) is 5.00. The van der Waals surface area contributed by atoms with Crippen molar-refractivity contribution in [3.05, 3.63) is 17.7 Å². The van der Waals surface area contributed by atoms with Gasteiger partial charge in [0.1, 0.15) is 4.90 Å². The van der Waals surface area contributed by atoms with Crippen LogP contribution in [0.25, 0.3) is 0 Å². The minimum atomic E-state index is -3.48. The van der Waals surface area contributed by atoms with Crippen LogP contribution in [0, 0.1) is 5.92 Å². The van der Waals surface area contributed by atoms with Crippen molar-refractivity contribution in [2.24, 2.45) is 5.92 Å². The molecule has 19 heavy (non-hydrogen) atoms. The molecular formula is C12H16ClN3O2S. The van der Waals surface area contributed by atoms with Crippen LogP contribution in [0.15, 0.2) is 17.3 Å². The first kappa shape index (κ1) is 13.3. The minimum absolute atomic E-state index is 0.0657. The molecule has 0 radical (unpaired) electrons. The van der Waals surface area contributed by atoms with Gasteiger partial charge >= 0.3 is 0 Å². The molecule has 104 valence electrons. The summed E-state index contributed by atoms with van der Waals surface area (Å²) < 4.78 is 26.8. The Morgan fingerprint density at radius 2 is 1.84 bits per heavy atom. The van der Waals surface area contributed by atoms with E-state index in [4.69, 9.17) is 11.6 Å². The summed E-state index contributed by atoms with van der Waals surface area (Å²) in [5, 5.41) is 0.0657. The first-order valence-corrected chi connectivity index (χ1v) is 8.40. The highest BCUT2D eigenvalue weighted by molar-refractivity contribution is 7.89. The second-order valence-corrected chi connectivity index (χ2v) is 7.43. The Morgan fingerprint density at radius 1 is 1.16 bits per heavy atom. The Bertz CT molecular complexity index is 561. The van der Waals surface area contributed by atoms with E-state index >= 15 is 0 Å². The molecule has 1 aromatic heterocycles. The predicted octanol–water partition coefficient (Wildman–Crippen LogP) is 2.08. The molecule has 7 heteroatoms. The van der Waals surface area contributed by atoms with Gasteiger partial charge in [0.25, 0.3) is 0 Å². The van der Waals surface area contributed by atoms with Gasteiger partial charge in [-0.15, -0.1) is 0 Å². The van der Waals surface area contributed by atoms with Crippen molar-refractivity contribution in [2.75, 3.05) is 6.54 Å². The lowest BCUT2D eigenvalue weighted by molar-refractivity contribution is 0.260. The number of aromatic nitrogens is 2. The number of halogens is 1. The van der Waals surface area contributed by atoms with Gasteiger partial charge in [0.05, 0.1) is 12.4 Å². The Balaban J connectivity index is 1.90. The van der Waals surface area contributed by atoms with Crippen molar-refractivity contribution in [2.45, 2.75) is 43.0 Å². The van der Waals surface area contributed by atoms with Crippen molar-refractivity contribution in [3.8, 4) is 0 Å². The maximum atomic E-state index is 12.6. The molecule has 1 saturated heterocycles. The summed E-state index contributed by atoms with van der Waals surface area (Å²) in [5.74, 6) is 0.525. The van der Waals surface area contributed by atoms with E-state index in [1.54, 1.807) is 4.31 Å². The van der Waals surface area contributed by atoms with Gasteiger partial charge in [0.15, 0.2) is 0 Å². The largest absolute Gasteiger partial charge is 0.246 e. The standard InChI is InChI=1S/C12H16ClN3O2S/c13-12-14-7-10(8-15-12)19(17,18)16-6-5-9-3-1-2-4-11(9)16/h7-9,11H,1-6H2. The summed E-state index contributed by atoms with van der Waals surface area (Å²) in [4.78, 5) is 7.68. The molecule has 1 aliphatic heterocycles. The molecule has 1 saturated carbocycles. The molecule has 0 bridgehead atoms. The lowest BCUT2D eigenvalue weighted by Crippen LogP contribution is -2.39. The predicted molar refractivity (Wildman–Crippen MR) is 71.3 cm³/mol. The van der Waals surface area contributed by atoms with Crippen molar-refractivity contribution >= 4 is 21.6 Å². The average molecular weight is 302 g/mol. The average Bonchev–Trinajstić information content (AvgIpc) is 2.83. The van der Waals surface area contributed by atoms with Crippen LogP contribution in [0.4, 0.5) is 0 Å². The molecule has 2 atom stereocenters. The SMILES string of the molecule is O=S(=O)(c1cnc(Cl)nc1)N1CCC2CCCCC21. The number of hydrogen-bond acceptors (Lipinski definition) is 4. The fourth-order valence-electron chi connectivity index (χ4n) is 3.23. The van der Waals surface area contributed by atoms with Crippen molar-refractivity contribution in [1.29, 1.82) is 0 Å². The number of fused-ring (bicyclic) bond motifs is 1. The Morgan fingerprint density at radius 3 is 2.58 bits per heavy atom. The molecule has 1 aliphatic carbocycles. The van der Waals surface area contributed by atoms with Crippen LogP contribution in [0.5, 0.6) is 0 Å². The van der Waals surface area contributed by atoms with Gasteiger partial charge in [-0.05, 0) is 36.8 Å². The molecule has 0 N–H and O–H groups in total. The van der Waals surface area contributed by atoms with E-state index in [-0.39, 0.29) is 16.2 Å². The van der Waals surface area contributed by atoms with Gasteiger partial charge in [-0.2, -0.15) is 4.31 Å². The second-order valence-electron chi connectivity index (χ2n) is 5.20. The third-order valence-corrected chi connectivity index (χ3v) is 6.23. The normalized spacial score (nSPS) is 28.3. The smallest absolute Gasteiger partial charge is 0.225 e. The summed E-state index contributed by atoms with van der Waals surface area (Å²) in [6, 6.07) is 0.162. The Hall–Kier alpha value is -0.720. The summed E-state index contributed by atoms with van der Waals surface area (Å²) in [6.45, 7) is 0.611. The first-order chi connectivity index (χ1) is 9.09. The summed E-state index contributed by atoms with van der Waals surface area (Å²) >= 11 is 5.60. The first-order valence-electron chi connectivity index (χ1n) is 6.58. The van der Waals surface area contributed by atoms with E-state index in [9.17, 15) is 8.42 Å². The number of hydrogen-bond donors (Lipinski definition) is 0. The van der Waals surface area contributed by atoms with Gasteiger partial charge < -0.3 is 0 Å². The van der Waals surface area contributed by atoms with Crippen LogP contribution in [0.3, 0.4) is 0 Å². The van der Waals surface area contributed by atoms with Crippen LogP contribution >= 0.6 is 11.6 Å². The van der Waals surface area contributed by atoms with Crippen LogP contribution in [-0.4, -0.2) is 35.3 Å². The molecule has 5 nitrogen and oxygen atoms in total. The van der Waals surface area contributed by atoms with Crippen LogP contribution in [0.2, 0.25) is 5.28 Å². The molecule has 0 amide bonds. The third kappa shape index (κ3) is 2.37. The fourth-order valence-corrected chi connectivity index (χ4v) is 4.95. The van der Waals surface area contributed by atoms with Gasteiger partial charge in [0.2, 0.25) is 15.3 Å². The van der Waals surface area contributed by atoms with Crippen LogP contribution in [-0.2, 0) is 10.0 Å². The molecule has 0 aromatic carbocycles. The molecule has 2 heterocycles. The molecule has 2 unspecified atom stereocenters. The van der Waals surface area contributed by atoms with E-state index in [2.05, 4.69) is 9.97 Å². The maximum absolute atomic E-state index is 12.6. The lowest BCUT2D eigenvalue weighted by atomic mass is 9.86. The molecular weight excluding hydrogens is 286 g/mol. The van der Waals surface area contributed by atoms with Gasteiger partial charge in [-0.1, -0.05) is 12.8 Å². The zero-order chi connectivity index (χ0) is 13.5. The highest BCUT2D eigenvalue weighted by Gasteiger charge is 2.42. The van der Waals surface area contributed by atoms with E-state index in [1.165, 1.54) is 18.8 Å². The van der Waals surface area contributed by atoms with Gasteiger partial charge in [0, 0.05) is 12.6 Å². The minimum Gasteiger partial charge on any atom is -0.225 e. The number of nitrogens with zero attached hydrogens (tertiary/aromatic N) is 3. The van der Waals surface area contributed by atoms with Crippen molar-refractivity contribution in [3.63, 3.8) is 0 Å². The van der Waals surface area contributed by atoms with Crippen LogP contribution in [0.1, 0.15) is 32.1 Å². The molecule has 0 spiro atoms. The zero-order valence-corrected chi connectivity index (χ0v) is 12.1. The summed E-state index contributed by atoms with van der Waals surface area (Å²) in [7, 11) is -3.48. The molecule has 3 rings (SSSR count). The third-order valence-electron chi connectivity index (χ3n) is 4.16. The molecule has 1 aromatic rings.